The van der Waals surface area contributed by atoms with E-state index in [-0.39, 0.29) is 11.6 Å². The summed E-state index contributed by atoms with van der Waals surface area (Å²) in [5.41, 5.74) is 7.50. The average molecular weight is 262 g/mol. The molecule has 2 aliphatic rings. The summed E-state index contributed by atoms with van der Waals surface area (Å²) in [4.78, 5) is 0. The highest BCUT2D eigenvalue weighted by Gasteiger charge is 2.42. The van der Waals surface area contributed by atoms with E-state index in [4.69, 9.17) is 10.5 Å². The number of nitrogens with zero attached hydrogens (tertiary/aromatic N) is 1. The number of nitrogens with two attached hydrogens (primary N) is 1. The summed E-state index contributed by atoms with van der Waals surface area (Å²) in [6.07, 6.45) is 11.3. The second-order valence-electron chi connectivity index (χ2n) is 6.50. The quantitative estimate of drug-likeness (QED) is 0.906. The van der Waals surface area contributed by atoms with Crippen molar-refractivity contribution in [3.63, 3.8) is 0 Å². The molecule has 2 heterocycles. The molecule has 1 aromatic heterocycles. The Morgan fingerprint density at radius 3 is 2.95 bits per heavy atom. The third-order valence-corrected chi connectivity index (χ3v) is 4.71. The summed E-state index contributed by atoms with van der Waals surface area (Å²) >= 11 is 0. The van der Waals surface area contributed by atoms with E-state index >= 15 is 0 Å². The van der Waals surface area contributed by atoms with Crippen LogP contribution < -0.4 is 5.73 Å². The van der Waals surface area contributed by atoms with Gasteiger partial charge in [-0.25, -0.2) is 0 Å². The minimum Gasteiger partial charge on any atom is -0.370 e. The smallest absolute Gasteiger partial charge is 0.0762 e. The van der Waals surface area contributed by atoms with Crippen molar-refractivity contribution in [3.8, 4) is 0 Å². The van der Waals surface area contributed by atoms with Crippen LogP contribution in [-0.4, -0.2) is 22.3 Å². The summed E-state index contributed by atoms with van der Waals surface area (Å²) in [5.74, 6) is 0. The largest absolute Gasteiger partial charge is 0.370 e. The molecule has 3 heteroatoms. The lowest BCUT2D eigenvalue weighted by Gasteiger charge is -2.24. The zero-order chi connectivity index (χ0) is 13.3. The number of ether oxygens (including phenoxy) is 1. The van der Waals surface area contributed by atoms with Crippen LogP contribution in [0.5, 0.6) is 0 Å². The Balaban J connectivity index is 1.61. The van der Waals surface area contributed by atoms with Gasteiger partial charge in [0.05, 0.1) is 11.7 Å². The van der Waals surface area contributed by atoms with Crippen molar-refractivity contribution in [3.05, 3.63) is 24.0 Å². The molecule has 3 nitrogen and oxygen atoms in total. The van der Waals surface area contributed by atoms with Crippen molar-refractivity contribution in [2.24, 2.45) is 5.73 Å². The summed E-state index contributed by atoms with van der Waals surface area (Å²) in [6, 6.07) is 4.53. The molecule has 2 fully saturated rings. The molecule has 0 radical (unpaired) electrons. The first-order valence-electron chi connectivity index (χ1n) is 7.74. The van der Waals surface area contributed by atoms with Crippen LogP contribution in [0.1, 0.15) is 51.1 Å². The van der Waals surface area contributed by atoms with E-state index in [9.17, 15) is 0 Å². The predicted octanol–water partition coefficient (Wildman–Crippen LogP) is 2.87. The lowest BCUT2D eigenvalue weighted by atomic mass is 9.98. The van der Waals surface area contributed by atoms with Gasteiger partial charge in [0.2, 0.25) is 0 Å². The fourth-order valence-electron chi connectivity index (χ4n) is 3.77. The minimum atomic E-state index is 0.222. The molecule has 3 rings (SSSR count). The standard InChI is InChI=1S/C16H26N2O/c1-13(17)11-14-5-4-10-18(14)12-15-6-9-16(19-15)7-2-3-8-16/h4-5,10,13,15H,2-3,6-9,11-12,17H2,1H3. The highest BCUT2D eigenvalue weighted by Crippen LogP contribution is 2.43. The van der Waals surface area contributed by atoms with Crippen molar-refractivity contribution in [1.29, 1.82) is 0 Å². The maximum Gasteiger partial charge on any atom is 0.0762 e. The first kappa shape index (κ1) is 13.2. The minimum absolute atomic E-state index is 0.222. The Morgan fingerprint density at radius 2 is 2.21 bits per heavy atom. The molecule has 1 spiro atoms. The van der Waals surface area contributed by atoms with Crippen LogP contribution in [0.15, 0.2) is 18.3 Å². The first-order valence-corrected chi connectivity index (χ1v) is 7.74. The predicted molar refractivity (Wildman–Crippen MR) is 77.1 cm³/mol. The summed E-state index contributed by atoms with van der Waals surface area (Å²) in [6.45, 7) is 3.06. The Labute approximate surface area is 116 Å². The van der Waals surface area contributed by atoms with Crippen LogP contribution in [0.25, 0.3) is 0 Å². The molecule has 1 aromatic rings. The van der Waals surface area contributed by atoms with Crippen LogP contribution in [0.4, 0.5) is 0 Å². The highest BCUT2D eigenvalue weighted by atomic mass is 16.5. The van der Waals surface area contributed by atoms with Crippen molar-refractivity contribution < 1.29 is 4.74 Å². The second kappa shape index (κ2) is 5.29. The maximum atomic E-state index is 6.39. The summed E-state index contributed by atoms with van der Waals surface area (Å²) < 4.78 is 8.73. The van der Waals surface area contributed by atoms with E-state index in [0.717, 1.165) is 13.0 Å². The molecule has 2 unspecified atom stereocenters. The van der Waals surface area contributed by atoms with Gasteiger partial charge in [-0.05, 0) is 44.7 Å². The first-order chi connectivity index (χ1) is 9.17. The fourth-order valence-corrected chi connectivity index (χ4v) is 3.77. The van der Waals surface area contributed by atoms with Crippen LogP contribution in [0.2, 0.25) is 0 Å². The van der Waals surface area contributed by atoms with Gasteiger partial charge < -0.3 is 15.0 Å². The molecule has 1 saturated heterocycles. The monoisotopic (exact) mass is 262 g/mol. The van der Waals surface area contributed by atoms with Gasteiger partial charge in [0.25, 0.3) is 0 Å². The van der Waals surface area contributed by atoms with Gasteiger partial charge in [-0.1, -0.05) is 12.8 Å². The molecule has 19 heavy (non-hydrogen) atoms. The lowest BCUT2D eigenvalue weighted by Crippen LogP contribution is -2.27. The van der Waals surface area contributed by atoms with Crippen LogP contribution in [-0.2, 0) is 17.7 Å². The van der Waals surface area contributed by atoms with E-state index in [1.54, 1.807) is 0 Å². The number of rotatable bonds is 4. The SMILES string of the molecule is CC(N)Cc1cccn1CC1CCC2(CCCC2)O1. The average Bonchev–Trinajstić information content (AvgIpc) is 3.06. The normalized spacial score (nSPS) is 27.2. The van der Waals surface area contributed by atoms with Crippen LogP contribution in [0.3, 0.4) is 0 Å². The topological polar surface area (TPSA) is 40.2 Å². The van der Waals surface area contributed by atoms with Gasteiger partial charge in [-0.2, -0.15) is 0 Å². The molecule has 2 atom stereocenters. The summed E-state index contributed by atoms with van der Waals surface area (Å²) in [7, 11) is 0. The Hall–Kier alpha value is -0.800. The lowest BCUT2D eigenvalue weighted by molar-refractivity contribution is -0.0420. The molecular weight excluding hydrogens is 236 g/mol. The molecule has 2 N–H and O–H groups in total. The van der Waals surface area contributed by atoms with E-state index in [1.165, 1.54) is 44.2 Å². The summed E-state index contributed by atoms with van der Waals surface area (Å²) in [5, 5.41) is 0. The Bertz CT molecular complexity index is 418. The maximum absolute atomic E-state index is 6.39. The van der Waals surface area contributed by atoms with Gasteiger partial charge in [0, 0.05) is 30.9 Å². The molecule has 0 bridgehead atoms. The number of hydrogen-bond acceptors (Lipinski definition) is 2. The van der Waals surface area contributed by atoms with Gasteiger partial charge in [-0.15, -0.1) is 0 Å². The Morgan fingerprint density at radius 1 is 1.42 bits per heavy atom. The van der Waals surface area contributed by atoms with E-state index in [0.29, 0.717) is 6.10 Å². The molecule has 1 aliphatic heterocycles. The van der Waals surface area contributed by atoms with E-state index < -0.39 is 0 Å². The molecule has 106 valence electrons. The second-order valence-corrected chi connectivity index (χ2v) is 6.50. The molecular formula is C16H26N2O. The van der Waals surface area contributed by atoms with Gasteiger partial charge >= 0.3 is 0 Å². The van der Waals surface area contributed by atoms with Gasteiger partial charge in [-0.3, -0.25) is 0 Å². The van der Waals surface area contributed by atoms with Gasteiger partial charge in [0.15, 0.2) is 0 Å². The van der Waals surface area contributed by atoms with Gasteiger partial charge in [0.1, 0.15) is 0 Å². The highest BCUT2D eigenvalue weighted by molar-refractivity contribution is 5.09. The van der Waals surface area contributed by atoms with Crippen molar-refractivity contribution >= 4 is 0 Å². The van der Waals surface area contributed by atoms with Crippen LogP contribution in [0, 0.1) is 0 Å². The molecule has 0 aromatic carbocycles. The zero-order valence-corrected chi connectivity index (χ0v) is 12.0. The van der Waals surface area contributed by atoms with Crippen molar-refractivity contribution in [2.45, 2.75) is 76.2 Å². The zero-order valence-electron chi connectivity index (χ0n) is 12.0. The molecule has 1 aliphatic carbocycles. The number of aromatic nitrogens is 1. The number of hydrogen-bond donors (Lipinski definition) is 1. The fraction of sp³-hybridized carbons (Fsp3) is 0.750. The van der Waals surface area contributed by atoms with E-state index in [1.807, 2.05) is 0 Å². The third kappa shape index (κ3) is 2.87. The van der Waals surface area contributed by atoms with Crippen molar-refractivity contribution in [1.82, 2.24) is 4.57 Å². The Kier molecular flexibility index (Phi) is 3.68. The van der Waals surface area contributed by atoms with Crippen LogP contribution >= 0.6 is 0 Å². The van der Waals surface area contributed by atoms with Crippen molar-refractivity contribution in [2.75, 3.05) is 0 Å². The molecule has 0 amide bonds. The van der Waals surface area contributed by atoms with E-state index in [2.05, 4.69) is 29.8 Å². The third-order valence-electron chi connectivity index (χ3n) is 4.71. The molecule has 1 saturated carbocycles.